The van der Waals surface area contributed by atoms with Gasteiger partial charge in [-0.2, -0.15) is 13.2 Å². The Morgan fingerprint density at radius 1 is 1.30 bits per heavy atom. The predicted molar refractivity (Wildman–Crippen MR) is 77.2 cm³/mol. The molecule has 1 atom stereocenters. The largest absolute Gasteiger partial charge is 0.417 e. The number of hydrogen-bond donors (Lipinski definition) is 2. The lowest BCUT2D eigenvalue weighted by molar-refractivity contribution is -0.252. The van der Waals surface area contributed by atoms with Crippen LogP contribution in [0.15, 0.2) is 29.2 Å². The summed E-state index contributed by atoms with van der Waals surface area (Å²) in [4.78, 5) is 11.5. The molecule has 0 aliphatic carbocycles. The molecule has 2 N–H and O–H groups in total. The van der Waals surface area contributed by atoms with Crippen molar-refractivity contribution in [1.82, 2.24) is 4.31 Å². The van der Waals surface area contributed by atoms with Gasteiger partial charge in [0.1, 0.15) is 0 Å². The van der Waals surface area contributed by atoms with Gasteiger partial charge in [-0.25, -0.2) is 12.7 Å². The van der Waals surface area contributed by atoms with E-state index < -0.39 is 34.1 Å². The summed E-state index contributed by atoms with van der Waals surface area (Å²) in [5.74, 6) is -1.09. The number of hydrogen-bond acceptors (Lipinski definition) is 4. The summed E-state index contributed by atoms with van der Waals surface area (Å²) in [6, 6.07) is 5.08. The lowest BCUT2D eigenvalue weighted by Crippen LogP contribution is -2.44. The number of aliphatic hydroxyl groups is 1. The van der Waals surface area contributed by atoms with Gasteiger partial charge in [0, 0.05) is 19.8 Å². The van der Waals surface area contributed by atoms with Gasteiger partial charge >= 0.3 is 6.18 Å². The molecule has 0 unspecified atom stereocenters. The number of rotatable bonds is 5. The van der Waals surface area contributed by atoms with Crippen molar-refractivity contribution in [2.75, 3.05) is 19.4 Å². The minimum absolute atomic E-state index is 0.0101. The highest BCUT2D eigenvalue weighted by atomic mass is 32.2. The summed E-state index contributed by atoms with van der Waals surface area (Å²) in [5, 5.41) is 11.4. The number of alkyl halides is 3. The normalized spacial score (nSPS) is 15.3. The minimum Gasteiger partial charge on any atom is -0.380 e. The second-order valence-corrected chi connectivity index (χ2v) is 7.46. The molecule has 1 aromatic rings. The van der Waals surface area contributed by atoms with Crippen LogP contribution in [0.25, 0.3) is 0 Å². The van der Waals surface area contributed by atoms with E-state index in [1.54, 1.807) is 0 Å². The van der Waals surface area contributed by atoms with E-state index in [9.17, 15) is 31.5 Å². The van der Waals surface area contributed by atoms with E-state index in [2.05, 4.69) is 5.32 Å². The van der Waals surface area contributed by atoms with E-state index in [0.717, 1.165) is 10.4 Å². The van der Waals surface area contributed by atoms with Crippen LogP contribution >= 0.6 is 0 Å². The van der Waals surface area contributed by atoms with E-state index in [1.165, 1.54) is 32.3 Å². The number of carbonyl (C=O) groups is 1. The second kappa shape index (κ2) is 6.46. The molecule has 23 heavy (non-hydrogen) atoms. The lowest BCUT2D eigenvalue weighted by atomic mass is 10.0. The summed E-state index contributed by atoms with van der Waals surface area (Å²) >= 11 is 0. The van der Waals surface area contributed by atoms with Gasteiger partial charge in [0.15, 0.2) is 5.60 Å². The fourth-order valence-corrected chi connectivity index (χ4v) is 2.51. The highest BCUT2D eigenvalue weighted by Crippen LogP contribution is 2.32. The summed E-state index contributed by atoms with van der Waals surface area (Å²) in [5.41, 5.74) is -3.17. The van der Waals surface area contributed by atoms with Crippen LogP contribution in [0, 0.1) is 0 Å². The van der Waals surface area contributed by atoms with Crippen LogP contribution in [0.4, 0.5) is 18.9 Å². The lowest BCUT2D eigenvalue weighted by Gasteiger charge is -2.25. The van der Waals surface area contributed by atoms with Crippen molar-refractivity contribution in [2.24, 2.45) is 0 Å². The fourth-order valence-electron chi connectivity index (χ4n) is 1.56. The molecule has 0 bridgehead atoms. The SMILES string of the molecule is CN(C)S(=O)(=O)c1cccc(NC(=O)C[C@@](C)(O)C(F)(F)F)c1. The Morgan fingerprint density at radius 3 is 2.35 bits per heavy atom. The average molecular weight is 354 g/mol. The van der Waals surface area contributed by atoms with Gasteiger partial charge in [0.2, 0.25) is 15.9 Å². The molecule has 0 aliphatic heterocycles. The van der Waals surface area contributed by atoms with Gasteiger partial charge in [0.05, 0.1) is 11.3 Å². The van der Waals surface area contributed by atoms with E-state index in [1.807, 2.05) is 0 Å². The molecule has 0 spiro atoms. The third-order valence-electron chi connectivity index (χ3n) is 3.01. The van der Waals surface area contributed by atoms with Gasteiger partial charge in [-0.05, 0) is 25.1 Å². The summed E-state index contributed by atoms with van der Waals surface area (Å²) in [6.07, 6.45) is -6.17. The molecule has 6 nitrogen and oxygen atoms in total. The molecule has 0 fully saturated rings. The Bertz CT molecular complexity index is 685. The van der Waals surface area contributed by atoms with E-state index in [4.69, 9.17) is 0 Å². The zero-order valence-corrected chi connectivity index (χ0v) is 13.5. The van der Waals surface area contributed by atoms with Gasteiger partial charge in [-0.1, -0.05) is 6.07 Å². The Labute approximate surface area is 132 Å². The maximum atomic E-state index is 12.5. The predicted octanol–water partition coefficient (Wildman–Crippen LogP) is 1.58. The van der Waals surface area contributed by atoms with Crippen molar-refractivity contribution in [2.45, 2.75) is 30.0 Å². The highest BCUT2D eigenvalue weighted by molar-refractivity contribution is 7.89. The molecule has 0 saturated carbocycles. The molecule has 0 heterocycles. The maximum absolute atomic E-state index is 12.5. The van der Waals surface area contributed by atoms with E-state index >= 15 is 0 Å². The Balaban J connectivity index is 2.93. The number of sulfonamides is 1. The Morgan fingerprint density at radius 2 is 1.87 bits per heavy atom. The Kier molecular flexibility index (Phi) is 5.45. The molecule has 10 heteroatoms. The summed E-state index contributed by atoms with van der Waals surface area (Å²) in [7, 11) is -1.10. The maximum Gasteiger partial charge on any atom is 0.417 e. The zero-order chi connectivity index (χ0) is 18.1. The molecular formula is C13H17F3N2O4S. The molecule has 1 rings (SSSR count). The molecule has 1 amide bonds. The van der Waals surface area contributed by atoms with Gasteiger partial charge in [-0.3, -0.25) is 4.79 Å². The standard InChI is InChI=1S/C13H17F3N2O4S/c1-12(20,13(14,15)16)8-11(19)17-9-5-4-6-10(7-9)23(21,22)18(2)3/h4-7,20H,8H2,1-3H3,(H,17,19)/t12-/m1/s1. The van der Waals surface area contributed by atoms with Crippen LogP contribution in [-0.4, -0.2) is 49.6 Å². The number of anilines is 1. The van der Waals surface area contributed by atoms with E-state index in [-0.39, 0.29) is 10.6 Å². The van der Waals surface area contributed by atoms with Crippen LogP contribution in [0.1, 0.15) is 13.3 Å². The first-order chi connectivity index (χ1) is 10.3. The minimum atomic E-state index is -4.96. The molecule has 0 aliphatic rings. The monoisotopic (exact) mass is 354 g/mol. The molecular weight excluding hydrogens is 337 g/mol. The van der Waals surface area contributed by atoms with Crippen LogP contribution in [0.5, 0.6) is 0 Å². The first-order valence-corrected chi connectivity index (χ1v) is 7.83. The van der Waals surface area contributed by atoms with Crippen molar-refractivity contribution in [1.29, 1.82) is 0 Å². The summed E-state index contributed by atoms with van der Waals surface area (Å²) < 4.78 is 62.5. The average Bonchev–Trinajstić information content (AvgIpc) is 2.36. The Hall–Kier alpha value is -1.65. The van der Waals surface area contributed by atoms with Crippen molar-refractivity contribution in [3.05, 3.63) is 24.3 Å². The van der Waals surface area contributed by atoms with E-state index in [0.29, 0.717) is 6.92 Å². The van der Waals surface area contributed by atoms with Crippen LogP contribution in [0.2, 0.25) is 0 Å². The highest BCUT2D eigenvalue weighted by Gasteiger charge is 2.50. The molecule has 0 radical (unpaired) electrons. The van der Waals surface area contributed by atoms with Crippen molar-refractivity contribution in [3.63, 3.8) is 0 Å². The van der Waals surface area contributed by atoms with Gasteiger partial charge in [-0.15, -0.1) is 0 Å². The second-order valence-electron chi connectivity index (χ2n) is 5.31. The number of benzene rings is 1. The van der Waals surface area contributed by atoms with Crippen LogP contribution in [0.3, 0.4) is 0 Å². The van der Waals surface area contributed by atoms with Gasteiger partial charge < -0.3 is 10.4 Å². The molecule has 1 aromatic carbocycles. The first kappa shape index (κ1) is 19.4. The van der Waals surface area contributed by atoms with Crippen molar-refractivity contribution in [3.8, 4) is 0 Å². The number of nitrogens with one attached hydrogen (secondary N) is 1. The van der Waals surface area contributed by atoms with Crippen LogP contribution < -0.4 is 5.32 Å². The number of amides is 1. The van der Waals surface area contributed by atoms with Crippen LogP contribution in [-0.2, 0) is 14.8 Å². The van der Waals surface area contributed by atoms with Gasteiger partial charge in [0.25, 0.3) is 0 Å². The third-order valence-corrected chi connectivity index (χ3v) is 4.82. The zero-order valence-electron chi connectivity index (χ0n) is 12.7. The smallest absolute Gasteiger partial charge is 0.380 e. The molecule has 0 saturated heterocycles. The number of halogens is 3. The first-order valence-electron chi connectivity index (χ1n) is 6.39. The number of carbonyl (C=O) groups excluding carboxylic acids is 1. The fraction of sp³-hybridized carbons (Fsp3) is 0.462. The summed E-state index contributed by atoms with van der Waals surface area (Å²) in [6.45, 7) is 0.486. The van der Waals surface area contributed by atoms with Crippen molar-refractivity contribution >= 4 is 21.6 Å². The molecule has 0 aromatic heterocycles. The number of nitrogens with zero attached hydrogens (tertiary/aromatic N) is 1. The van der Waals surface area contributed by atoms with Crippen molar-refractivity contribution < 1.29 is 31.5 Å². The molecule has 130 valence electrons. The third kappa shape index (κ3) is 4.66. The quantitative estimate of drug-likeness (QED) is 0.841. The topological polar surface area (TPSA) is 86.7 Å².